The molecule has 6 nitrogen and oxygen atoms in total. The summed E-state index contributed by atoms with van der Waals surface area (Å²) in [6, 6.07) is 8.47. The minimum atomic E-state index is 0.111. The zero-order valence-electron chi connectivity index (χ0n) is 14.5. The first-order valence-corrected chi connectivity index (χ1v) is 8.79. The van der Waals surface area contributed by atoms with E-state index in [1.807, 2.05) is 4.57 Å². The maximum absolute atomic E-state index is 7.98. The summed E-state index contributed by atoms with van der Waals surface area (Å²) in [4.78, 5) is 8.38. The molecule has 2 aromatic heterocycles. The Morgan fingerprint density at radius 1 is 1.16 bits per heavy atom. The van der Waals surface area contributed by atoms with Gasteiger partial charge < -0.3 is 0 Å². The van der Waals surface area contributed by atoms with Crippen molar-refractivity contribution in [1.29, 1.82) is 5.41 Å². The van der Waals surface area contributed by atoms with E-state index in [-0.39, 0.29) is 10.0 Å². The number of fused-ring (bicyclic) bond motifs is 1. The van der Waals surface area contributed by atoms with Crippen LogP contribution in [0.4, 0.5) is 11.6 Å². The summed E-state index contributed by atoms with van der Waals surface area (Å²) in [7, 11) is 0. The quantitative estimate of drug-likeness (QED) is 0.464. The van der Waals surface area contributed by atoms with Crippen molar-refractivity contribution in [2.75, 3.05) is 11.5 Å². The van der Waals surface area contributed by atoms with Crippen LogP contribution in [0.15, 0.2) is 30.6 Å². The van der Waals surface area contributed by atoms with E-state index in [4.69, 9.17) is 16.9 Å². The van der Waals surface area contributed by atoms with Crippen LogP contribution in [0.1, 0.15) is 37.5 Å². The van der Waals surface area contributed by atoms with Crippen LogP contribution >= 0.6 is 0 Å². The molecular weight excluding hydrogens is 379 g/mol. The molecule has 0 spiro atoms. The fourth-order valence-electron chi connectivity index (χ4n) is 2.89. The Morgan fingerprint density at radius 3 is 2.36 bits per heavy atom. The second-order valence-electron chi connectivity index (χ2n) is 7.08. The number of hydrogen-bond donors (Lipinski definition) is 3. The minimum absolute atomic E-state index is 0.111. The summed E-state index contributed by atoms with van der Waals surface area (Å²) in [6.45, 7) is 7.12. The van der Waals surface area contributed by atoms with Crippen LogP contribution in [0.3, 0.4) is 0 Å². The van der Waals surface area contributed by atoms with Crippen molar-refractivity contribution in [1.82, 2.24) is 14.5 Å². The van der Waals surface area contributed by atoms with Crippen molar-refractivity contribution < 1.29 is 0 Å². The van der Waals surface area contributed by atoms with Gasteiger partial charge in [-0.05, 0) is 0 Å². The molecule has 0 aliphatic heterocycles. The van der Waals surface area contributed by atoms with Gasteiger partial charge in [-0.25, -0.2) is 0 Å². The zero-order valence-corrected chi connectivity index (χ0v) is 16.2. The first-order chi connectivity index (χ1) is 11.7. The van der Waals surface area contributed by atoms with Crippen LogP contribution in [0.2, 0.25) is 0 Å². The van der Waals surface area contributed by atoms with Crippen molar-refractivity contribution in [3.63, 3.8) is 0 Å². The molecule has 0 bridgehead atoms. The van der Waals surface area contributed by atoms with E-state index in [1.54, 1.807) is 0 Å². The van der Waals surface area contributed by atoms with Gasteiger partial charge in [0.25, 0.3) is 0 Å². The van der Waals surface area contributed by atoms with Gasteiger partial charge in [0.05, 0.1) is 0 Å². The van der Waals surface area contributed by atoms with Crippen LogP contribution < -0.4 is 11.5 Å². The van der Waals surface area contributed by atoms with Crippen LogP contribution in [0.5, 0.6) is 0 Å². The van der Waals surface area contributed by atoms with Crippen molar-refractivity contribution in [2.45, 2.75) is 32.7 Å². The van der Waals surface area contributed by atoms with Gasteiger partial charge in [-0.2, -0.15) is 0 Å². The molecule has 0 amide bonds. The summed E-state index contributed by atoms with van der Waals surface area (Å²) in [5.74, 6) is 0.791. The standard InChI is InChI=1S/C18H21N6Se/c1-18(2,3)11-6-4-10(5-7-11)8-24-15(20)13(16(21)25)12-14(19)22-9-23-17(12)24/h4-7,9,21H,8,20H2,1-3H3,(H2,19,22,23). The number of rotatable bonds is 3. The molecule has 0 saturated carbocycles. The van der Waals surface area contributed by atoms with Gasteiger partial charge in [0.15, 0.2) is 0 Å². The summed E-state index contributed by atoms with van der Waals surface area (Å²) in [6.07, 6.45) is 1.42. The zero-order chi connectivity index (χ0) is 18.4. The van der Waals surface area contributed by atoms with Gasteiger partial charge in [-0.1, -0.05) is 0 Å². The Bertz CT molecular complexity index is 950. The molecule has 0 saturated heterocycles. The van der Waals surface area contributed by atoms with E-state index in [1.165, 1.54) is 11.9 Å². The Morgan fingerprint density at radius 2 is 1.80 bits per heavy atom. The molecule has 1 aromatic carbocycles. The fraction of sp³-hybridized carbons (Fsp3) is 0.278. The number of nitrogen functional groups attached to an aromatic ring is 2. The normalized spacial score (nSPS) is 11.8. The number of hydrogen-bond acceptors (Lipinski definition) is 5. The topological polar surface area (TPSA) is 107 Å². The third kappa shape index (κ3) is 3.13. The molecule has 1 radical (unpaired) electrons. The van der Waals surface area contributed by atoms with Crippen molar-refractivity contribution in [3.05, 3.63) is 47.3 Å². The average molecular weight is 400 g/mol. The van der Waals surface area contributed by atoms with E-state index in [9.17, 15) is 0 Å². The first kappa shape index (κ1) is 17.5. The molecule has 7 heteroatoms. The van der Waals surface area contributed by atoms with E-state index < -0.39 is 0 Å². The van der Waals surface area contributed by atoms with Gasteiger partial charge in [0, 0.05) is 0 Å². The molecule has 0 atom stereocenters. The molecule has 0 aliphatic carbocycles. The summed E-state index contributed by atoms with van der Waals surface area (Å²) in [5.41, 5.74) is 16.0. The molecule has 3 rings (SSSR count). The molecule has 5 N–H and O–H groups in total. The molecule has 2 heterocycles. The van der Waals surface area contributed by atoms with Crippen molar-refractivity contribution in [3.8, 4) is 0 Å². The van der Waals surface area contributed by atoms with Crippen LogP contribution in [0, 0.1) is 5.41 Å². The number of nitrogens with one attached hydrogen (secondary N) is 1. The molecular formula is C18H21N6Se. The number of benzene rings is 1. The predicted octanol–water partition coefficient (Wildman–Crippen LogP) is 2.44. The van der Waals surface area contributed by atoms with Gasteiger partial charge in [0.2, 0.25) is 0 Å². The van der Waals surface area contributed by atoms with E-state index >= 15 is 0 Å². The van der Waals surface area contributed by atoms with Crippen LogP contribution in [-0.4, -0.2) is 35.2 Å². The van der Waals surface area contributed by atoms with E-state index in [0.29, 0.717) is 34.8 Å². The first-order valence-electron chi connectivity index (χ1n) is 7.93. The van der Waals surface area contributed by atoms with Crippen LogP contribution in [-0.2, 0) is 12.0 Å². The van der Waals surface area contributed by atoms with Gasteiger partial charge in [0.1, 0.15) is 0 Å². The average Bonchev–Trinajstić information content (AvgIpc) is 2.81. The summed E-state index contributed by atoms with van der Waals surface area (Å²) in [5, 5.41) is 8.61. The molecule has 25 heavy (non-hydrogen) atoms. The molecule has 0 fully saturated rings. The van der Waals surface area contributed by atoms with Crippen molar-refractivity contribution in [2.24, 2.45) is 0 Å². The van der Waals surface area contributed by atoms with Crippen LogP contribution in [0.25, 0.3) is 11.0 Å². The number of aromatic nitrogens is 3. The summed E-state index contributed by atoms with van der Waals surface area (Å²) >= 11 is 2.70. The second-order valence-corrected chi connectivity index (χ2v) is 7.94. The second kappa shape index (κ2) is 6.17. The fourth-order valence-corrected chi connectivity index (χ4v) is 3.33. The monoisotopic (exact) mass is 401 g/mol. The Labute approximate surface area is 155 Å². The Kier molecular flexibility index (Phi) is 4.31. The molecule has 0 unspecified atom stereocenters. The van der Waals surface area contributed by atoms with E-state index in [2.05, 4.69) is 71.0 Å². The maximum atomic E-state index is 7.98. The molecule has 3 aromatic rings. The third-order valence-corrected chi connectivity index (χ3v) is 4.73. The number of anilines is 2. The van der Waals surface area contributed by atoms with Gasteiger partial charge in [-0.15, -0.1) is 0 Å². The van der Waals surface area contributed by atoms with Crippen molar-refractivity contribution >= 4 is 43.3 Å². The van der Waals surface area contributed by atoms with E-state index in [0.717, 1.165) is 5.56 Å². The SMILES string of the molecule is CC(C)(C)c1ccc(Cn2c(N)c(C(=N)[Se])c3c(N)ncnc32)cc1. The van der Waals surface area contributed by atoms with Gasteiger partial charge >= 0.3 is 155 Å². The molecule has 0 aliphatic rings. The predicted molar refractivity (Wildman–Crippen MR) is 103 cm³/mol. The number of nitrogens with zero attached hydrogens (tertiary/aromatic N) is 3. The Hall–Kier alpha value is -2.37. The Balaban J connectivity index is 2.09. The number of nitrogens with two attached hydrogens (primary N) is 2. The van der Waals surface area contributed by atoms with Gasteiger partial charge in [-0.3, -0.25) is 0 Å². The molecule has 129 valence electrons. The third-order valence-electron chi connectivity index (χ3n) is 4.30. The summed E-state index contributed by atoms with van der Waals surface area (Å²) < 4.78 is 2.10.